The molecule has 0 amide bonds. The van der Waals surface area contributed by atoms with E-state index in [2.05, 4.69) is 27.7 Å². The molecule has 0 rings (SSSR count). The van der Waals surface area contributed by atoms with Gasteiger partial charge in [0.05, 0.1) is 21.1 Å². The van der Waals surface area contributed by atoms with Crippen molar-refractivity contribution in [2.24, 2.45) is 0 Å². The number of likely N-dealkylation sites (N-methyl/N-ethyl adjacent to an activating group) is 1. The molecule has 0 spiro atoms. The molecule has 0 fully saturated rings. The summed E-state index contributed by atoms with van der Waals surface area (Å²) in [6.07, 6.45) is 0.655. The van der Waals surface area contributed by atoms with Gasteiger partial charge in [-0.1, -0.05) is 13.5 Å². The summed E-state index contributed by atoms with van der Waals surface area (Å²) in [4.78, 5) is 9.60. The smallest absolute Gasteiger partial charge is 0.330 e. The van der Waals surface area contributed by atoms with Gasteiger partial charge in [0.15, 0.2) is 8.03 Å². The van der Waals surface area contributed by atoms with E-state index in [4.69, 9.17) is 9.63 Å². The highest BCUT2D eigenvalue weighted by molar-refractivity contribution is 7.39. The summed E-state index contributed by atoms with van der Waals surface area (Å²) in [6.45, 7) is 8.00. The third-order valence-corrected chi connectivity index (χ3v) is 2.78. The second-order valence-electron chi connectivity index (χ2n) is 4.67. The van der Waals surface area contributed by atoms with Gasteiger partial charge in [-0.15, -0.1) is 0 Å². The van der Waals surface area contributed by atoms with Crippen molar-refractivity contribution in [3.05, 3.63) is 12.2 Å². The van der Waals surface area contributed by atoms with Crippen LogP contribution in [0, 0.1) is 0 Å². The predicted octanol–water partition coefficient (Wildman–Crippen LogP) is 1.85. The highest BCUT2D eigenvalue weighted by atomic mass is 31.1. The molecule has 1 unspecified atom stereocenters. The van der Waals surface area contributed by atoms with Gasteiger partial charge in [-0.05, 0) is 6.92 Å². The first-order chi connectivity index (χ1) is 7.60. The van der Waals surface area contributed by atoms with Gasteiger partial charge >= 0.3 is 5.97 Å². The topological polar surface area (TPSA) is 63.6 Å². The monoisotopic (exact) mass is 266 g/mol. The van der Waals surface area contributed by atoms with E-state index in [1.807, 2.05) is 6.92 Å². The van der Waals surface area contributed by atoms with Crippen LogP contribution in [-0.4, -0.2) is 56.0 Å². The van der Waals surface area contributed by atoms with Crippen LogP contribution in [0.15, 0.2) is 12.2 Å². The van der Waals surface area contributed by atoms with Gasteiger partial charge in [0.2, 0.25) is 0 Å². The molecular formula is C11H25NO4P+. The third-order valence-electron chi connectivity index (χ3n) is 1.68. The van der Waals surface area contributed by atoms with E-state index in [1.54, 1.807) is 0 Å². The number of carboxylic acid groups (broad SMARTS) is 1. The largest absolute Gasteiger partial charge is 0.478 e. The second-order valence-corrected chi connectivity index (χ2v) is 6.41. The Morgan fingerprint density at radius 2 is 1.82 bits per heavy atom. The summed E-state index contributed by atoms with van der Waals surface area (Å²) in [5, 5.41) is 7.89. The lowest BCUT2D eigenvalue weighted by atomic mass is 10.4. The van der Waals surface area contributed by atoms with Crippen LogP contribution >= 0.6 is 8.03 Å². The Bertz CT molecular complexity index is 259. The Morgan fingerprint density at radius 1 is 1.41 bits per heavy atom. The molecule has 1 N–H and O–H groups in total. The van der Waals surface area contributed by atoms with E-state index in [1.165, 1.54) is 6.92 Å². The first-order valence-electron chi connectivity index (χ1n) is 5.45. The van der Waals surface area contributed by atoms with Gasteiger partial charge < -0.3 is 14.1 Å². The summed E-state index contributed by atoms with van der Waals surface area (Å²) in [6, 6.07) is 0. The number of aliphatic carboxylic acids is 1. The highest BCUT2D eigenvalue weighted by Crippen LogP contribution is 2.20. The summed E-state index contributed by atoms with van der Waals surface area (Å²) >= 11 is 0. The van der Waals surface area contributed by atoms with E-state index < -0.39 is 14.0 Å². The minimum atomic E-state index is -1.71. The van der Waals surface area contributed by atoms with Gasteiger partial charge in [-0.25, -0.2) is 4.79 Å². The molecule has 0 aliphatic rings. The lowest BCUT2D eigenvalue weighted by Crippen LogP contribution is -2.37. The molecule has 0 aliphatic heterocycles. The number of hydrogen-bond donors (Lipinski definition) is 1. The molecule has 5 nitrogen and oxygen atoms in total. The molecule has 6 heteroatoms. The minimum absolute atomic E-state index is 0.176. The summed E-state index contributed by atoms with van der Waals surface area (Å²) in [7, 11) is 4.56. The molecule has 0 radical (unpaired) electrons. The van der Waals surface area contributed by atoms with Gasteiger partial charge in [-0.3, -0.25) is 4.57 Å². The number of carbonyl (C=O) groups is 1. The van der Waals surface area contributed by atoms with Crippen LogP contribution in [0.2, 0.25) is 0 Å². The SMILES string of the molecule is C=C(C)C(=O)O.CC[PH](=O)OCC[N+](C)(C)C. The predicted molar refractivity (Wildman–Crippen MR) is 70.8 cm³/mol. The van der Waals surface area contributed by atoms with Crippen LogP contribution < -0.4 is 0 Å². The molecule has 0 saturated carbocycles. The van der Waals surface area contributed by atoms with Gasteiger partial charge in [0, 0.05) is 11.7 Å². The fraction of sp³-hybridized carbons (Fsp3) is 0.727. The fourth-order valence-electron chi connectivity index (χ4n) is 0.535. The van der Waals surface area contributed by atoms with Crippen molar-refractivity contribution in [1.82, 2.24) is 0 Å². The normalized spacial score (nSPS) is 12.3. The van der Waals surface area contributed by atoms with Crippen LogP contribution in [0.1, 0.15) is 13.8 Å². The van der Waals surface area contributed by atoms with E-state index in [9.17, 15) is 9.36 Å². The highest BCUT2D eigenvalue weighted by Gasteiger charge is 2.06. The Labute approximate surface area is 105 Å². The maximum Gasteiger partial charge on any atom is 0.330 e. The maximum absolute atomic E-state index is 10.9. The molecule has 0 saturated heterocycles. The van der Waals surface area contributed by atoms with Crippen molar-refractivity contribution in [2.45, 2.75) is 13.8 Å². The molecule has 0 heterocycles. The molecule has 0 aromatic heterocycles. The second kappa shape index (κ2) is 9.40. The summed E-state index contributed by atoms with van der Waals surface area (Å²) in [5.41, 5.74) is 0.176. The first kappa shape index (κ1) is 18.7. The third kappa shape index (κ3) is 17.9. The minimum Gasteiger partial charge on any atom is -0.478 e. The summed E-state index contributed by atoms with van der Waals surface area (Å²) in [5.74, 6) is -0.935. The zero-order valence-corrected chi connectivity index (χ0v) is 12.4. The van der Waals surface area contributed by atoms with Crippen molar-refractivity contribution >= 4 is 14.0 Å². The molecule has 0 bridgehead atoms. The Balaban J connectivity index is 0. The van der Waals surface area contributed by atoms with Crippen LogP contribution in [0.5, 0.6) is 0 Å². The Hall–Kier alpha value is -0.640. The molecule has 102 valence electrons. The Morgan fingerprint density at radius 3 is 2.06 bits per heavy atom. The standard InChI is InChI=1S/C7H19NO2P.C4H6O2/c1-5-11(9)10-7-6-8(2,3)4;1-3(2)4(5)6/h11H,5-7H2,1-4H3;1H2,2H3,(H,5,6)/q+1;. The lowest BCUT2D eigenvalue weighted by Gasteiger charge is -2.23. The zero-order chi connectivity index (χ0) is 14.1. The number of rotatable bonds is 6. The molecule has 0 aromatic rings. The van der Waals surface area contributed by atoms with Crippen molar-refractivity contribution < 1.29 is 23.5 Å². The van der Waals surface area contributed by atoms with E-state index in [-0.39, 0.29) is 5.57 Å². The molecular weight excluding hydrogens is 241 g/mol. The van der Waals surface area contributed by atoms with Crippen molar-refractivity contribution in [1.29, 1.82) is 0 Å². The van der Waals surface area contributed by atoms with Crippen molar-refractivity contribution in [3.63, 3.8) is 0 Å². The summed E-state index contributed by atoms with van der Waals surface area (Å²) < 4.78 is 16.8. The van der Waals surface area contributed by atoms with E-state index in [0.717, 1.165) is 11.0 Å². The van der Waals surface area contributed by atoms with Crippen molar-refractivity contribution in [3.8, 4) is 0 Å². The van der Waals surface area contributed by atoms with Crippen LogP contribution in [0.25, 0.3) is 0 Å². The number of hydrogen-bond acceptors (Lipinski definition) is 3. The van der Waals surface area contributed by atoms with Crippen molar-refractivity contribution in [2.75, 3.05) is 40.5 Å². The van der Waals surface area contributed by atoms with E-state index in [0.29, 0.717) is 12.8 Å². The van der Waals surface area contributed by atoms with E-state index >= 15 is 0 Å². The molecule has 0 aliphatic carbocycles. The fourth-order valence-corrected chi connectivity index (χ4v) is 1.06. The lowest BCUT2D eigenvalue weighted by molar-refractivity contribution is -0.870. The molecule has 0 aromatic carbocycles. The average Bonchev–Trinajstić information content (AvgIpc) is 2.16. The average molecular weight is 266 g/mol. The van der Waals surface area contributed by atoms with Crippen LogP contribution in [0.4, 0.5) is 0 Å². The quantitative estimate of drug-likeness (QED) is 0.453. The first-order valence-corrected chi connectivity index (χ1v) is 6.97. The van der Waals surface area contributed by atoms with Crippen LogP contribution in [0.3, 0.4) is 0 Å². The Kier molecular flexibility index (Phi) is 10.3. The number of quaternary nitrogens is 1. The van der Waals surface area contributed by atoms with Crippen LogP contribution in [-0.2, 0) is 13.9 Å². The van der Waals surface area contributed by atoms with Gasteiger partial charge in [0.25, 0.3) is 0 Å². The number of carboxylic acids is 1. The van der Waals surface area contributed by atoms with Gasteiger partial charge in [0.1, 0.15) is 13.2 Å². The molecule has 1 atom stereocenters. The maximum atomic E-state index is 10.9. The number of nitrogens with zero attached hydrogens (tertiary/aromatic N) is 1. The van der Waals surface area contributed by atoms with Gasteiger partial charge in [-0.2, -0.15) is 0 Å². The molecule has 17 heavy (non-hydrogen) atoms. The zero-order valence-electron chi connectivity index (χ0n) is 11.4.